The summed E-state index contributed by atoms with van der Waals surface area (Å²) in [6.07, 6.45) is 7.10. The maximum absolute atomic E-state index is 11.9. The third-order valence-electron chi connectivity index (χ3n) is 7.59. The zero-order valence-electron chi connectivity index (χ0n) is 19.5. The monoisotopic (exact) mass is 450 g/mol. The summed E-state index contributed by atoms with van der Waals surface area (Å²) in [7, 11) is 0. The average molecular weight is 451 g/mol. The number of carbonyl (C=O) groups excluding carboxylic acids is 1. The van der Waals surface area contributed by atoms with Gasteiger partial charge in [0.05, 0.1) is 23.4 Å². The normalized spacial score (nSPS) is 25.9. The smallest absolute Gasteiger partial charge is 0.222 e. The van der Waals surface area contributed by atoms with Crippen molar-refractivity contribution in [3.63, 3.8) is 0 Å². The summed E-state index contributed by atoms with van der Waals surface area (Å²) in [5, 5.41) is 0. The minimum Gasteiger partial charge on any atom is -0.488 e. The Hall–Kier alpha value is -2.87. The van der Waals surface area contributed by atoms with Crippen LogP contribution in [0.2, 0.25) is 0 Å². The summed E-state index contributed by atoms with van der Waals surface area (Å²) in [6.45, 7) is 5.75. The van der Waals surface area contributed by atoms with E-state index in [4.69, 9.17) is 21.9 Å². The summed E-state index contributed by atoms with van der Waals surface area (Å²) < 4.78 is 6.62. The molecular weight excluding hydrogens is 416 g/mol. The number of nitrogen functional groups attached to an aromatic ring is 1. The number of hydrogen-bond donors (Lipinski definition) is 3. The van der Waals surface area contributed by atoms with Crippen molar-refractivity contribution >= 4 is 17.4 Å². The molecule has 8 nitrogen and oxygen atoms in total. The molecule has 1 aliphatic heterocycles. The fourth-order valence-corrected chi connectivity index (χ4v) is 5.84. The Morgan fingerprint density at radius 2 is 1.91 bits per heavy atom. The van der Waals surface area contributed by atoms with E-state index in [0.717, 1.165) is 73.3 Å². The fraction of sp³-hybridized carbons (Fsp3) is 0.560. The fourth-order valence-electron chi connectivity index (χ4n) is 5.84. The van der Waals surface area contributed by atoms with Crippen molar-refractivity contribution in [2.24, 2.45) is 17.4 Å². The first-order valence-electron chi connectivity index (χ1n) is 12.0. The number of fused-ring (bicyclic) bond motifs is 3. The maximum Gasteiger partial charge on any atom is 0.222 e. The number of amides is 1. The van der Waals surface area contributed by atoms with E-state index < -0.39 is 0 Å². The summed E-state index contributed by atoms with van der Waals surface area (Å²) >= 11 is 0. The van der Waals surface area contributed by atoms with Crippen LogP contribution in [0.1, 0.15) is 57.1 Å². The Balaban J connectivity index is 1.61. The van der Waals surface area contributed by atoms with E-state index in [0.29, 0.717) is 12.4 Å². The molecule has 5 rings (SSSR count). The van der Waals surface area contributed by atoms with Gasteiger partial charge >= 0.3 is 0 Å². The van der Waals surface area contributed by atoms with Crippen LogP contribution in [0, 0.1) is 5.92 Å². The Labute approximate surface area is 194 Å². The van der Waals surface area contributed by atoms with Gasteiger partial charge in [-0.05, 0) is 61.6 Å². The first-order chi connectivity index (χ1) is 15.7. The molecule has 0 radical (unpaired) electrons. The lowest BCUT2D eigenvalue weighted by Crippen LogP contribution is -2.34. The molecule has 1 amide bonds. The van der Waals surface area contributed by atoms with Crippen LogP contribution in [-0.2, 0) is 16.6 Å². The number of aromatic nitrogens is 2. The van der Waals surface area contributed by atoms with Gasteiger partial charge < -0.3 is 26.8 Å². The molecule has 176 valence electrons. The summed E-state index contributed by atoms with van der Waals surface area (Å²) in [6, 6.07) is 4.43. The molecule has 33 heavy (non-hydrogen) atoms. The molecule has 6 N–H and O–H groups in total. The molecule has 1 atom stereocenters. The quantitative estimate of drug-likeness (QED) is 0.652. The lowest BCUT2D eigenvalue weighted by Gasteiger charge is -2.37. The number of benzene rings is 1. The number of nitrogens with zero attached hydrogens (tertiary/aromatic N) is 3. The van der Waals surface area contributed by atoms with Gasteiger partial charge in [-0.25, -0.2) is 9.97 Å². The predicted octanol–water partition coefficient (Wildman–Crippen LogP) is 2.52. The number of hydrogen-bond acceptors (Lipinski definition) is 7. The van der Waals surface area contributed by atoms with Crippen molar-refractivity contribution in [1.29, 1.82) is 0 Å². The molecule has 1 aromatic heterocycles. The van der Waals surface area contributed by atoms with E-state index in [1.165, 1.54) is 11.9 Å². The standard InChI is InChI=1S/C25H34N6O2/c1-25(2)11-18-17(21-20(25)23(27)30-13-29-21)7-8-19(33-16-5-3-15(26)4-6-16)22(18)31-10-9-14(12-31)24(28)32/h7-8,13-16H,3-6,9-12,26H2,1-2H3,(H2,28,32)(H2,27,29,30). The molecule has 2 fully saturated rings. The van der Waals surface area contributed by atoms with Gasteiger partial charge in [-0.3, -0.25) is 4.79 Å². The van der Waals surface area contributed by atoms with Crippen molar-refractivity contribution in [2.45, 2.75) is 69.9 Å². The van der Waals surface area contributed by atoms with Crippen LogP contribution in [0.4, 0.5) is 11.5 Å². The highest BCUT2D eigenvalue weighted by Gasteiger charge is 2.39. The van der Waals surface area contributed by atoms with Crippen molar-refractivity contribution in [3.05, 3.63) is 29.6 Å². The Morgan fingerprint density at radius 3 is 2.61 bits per heavy atom. The average Bonchev–Trinajstić information content (AvgIpc) is 3.25. The molecular formula is C25H34N6O2. The van der Waals surface area contributed by atoms with E-state index in [-0.39, 0.29) is 29.4 Å². The zero-order valence-corrected chi connectivity index (χ0v) is 19.5. The van der Waals surface area contributed by atoms with E-state index in [2.05, 4.69) is 40.8 Å². The molecule has 2 heterocycles. The molecule has 1 saturated carbocycles. The summed E-state index contributed by atoms with van der Waals surface area (Å²) in [4.78, 5) is 23.1. The number of anilines is 2. The molecule has 1 aromatic carbocycles. The Bertz CT molecular complexity index is 1080. The van der Waals surface area contributed by atoms with Gasteiger partial charge in [-0.1, -0.05) is 13.8 Å². The second-order valence-electron chi connectivity index (χ2n) is 10.5. The molecule has 2 aliphatic carbocycles. The second kappa shape index (κ2) is 8.17. The maximum atomic E-state index is 11.9. The van der Waals surface area contributed by atoms with Gasteiger partial charge in [0.15, 0.2) is 0 Å². The minimum absolute atomic E-state index is 0.150. The van der Waals surface area contributed by atoms with Gasteiger partial charge in [-0.15, -0.1) is 0 Å². The molecule has 0 bridgehead atoms. The van der Waals surface area contributed by atoms with Gasteiger partial charge in [0.25, 0.3) is 0 Å². The van der Waals surface area contributed by atoms with Crippen LogP contribution in [0.15, 0.2) is 18.5 Å². The highest BCUT2D eigenvalue weighted by atomic mass is 16.5. The third-order valence-corrected chi connectivity index (χ3v) is 7.59. The second-order valence-corrected chi connectivity index (χ2v) is 10.5. The van der Waals surface area contributed by atoms with Crippen molar-refractivity contribution < 1.29 is 9.53 Å². The summed E-state index contributed by atoms with van der Waals surface area (Å²) in [5.74, 6) is 1.02. The molecule has 0 spiro atoms. The predicted molar refractivity (Wildman–Crippen MR) is 129 cm³/mol. The summed E-state index contributed by atoms with van der Waals surface area (Å²) in [5.41, 5.74) is 23.1. The molecule has 8 heteroatoms. The van der Waals surface area contributed by atoms with Gasteiger partial charge in [0, 0.05) is 30.3 Å². The molecule has 3 aliphatic rings. The topological polar surface area (TPSA) is 133 Å². The lowest BCUT2D eigenvalue weighted by atomic mass is 9.71. The zero-order chi connectivity index (χ0) is 23.3. The van der Waals surface area contributed by atoms with Gasteiger partial charge in [0.1, 0.15) is 17.9 Å². The van der Waals surface area contributed by atoms with Crippen molar-refractivity contribution in [2.75, 3.05) is 23.7 Å². The van der Waals surface area contributed by atoms with E-state index in [1.807, 2.05) is 0 Å². The van der Waals surface area contributed by atoms with Gasteiger partial charge in [0.2, 0.25) is 5.91 Å². The highest BCUT2D eigenvalue weighted by Crippen LogP contribution is 2.50. The van der Waals surface area contributed by atoms with E-state index in [9.17, 15) is 4.79 Å². The van der Waals surface area contributed by atoms with Crippen LogP contribution in [0.5, 0.6) is 5.75 Å². The third kappa shape index (κ3) is 3.90. The highest BCUT2D eigenvalue weighted by molar-refractivity contribution is 5.84. The SMILES string of the molecule is CC1(C)Cc2c(ccc(OC3CCC(N)CC3)c2N2CCC(C(N)=O)C2)-c2ncnc(N)c21. The van der Waals surface area contributed by atoms with Crippen LogP contribution >= 0.6 is 0 Å². The molecule has 1 unspecified atom stereocenters. The first-order valence-corrected chi connectivity index (χ1v) is 12.0. The Morgan fingerprint density at radius 1 is 1.15 bits per heavy atom. The molecule has 2 aromatic rings. The number of carbonyl (C=O) groups is 1. The van der Waals surface area contributed by atoms with Crippen LogP contribution in [0.25, 0.3) is 11.3 Å². The van der Waals surface area contributed by atoms with Crippen molar-refractivity contribution in [1.82, 2.24) is 9.97 Å². The van der Waals surface area contributed by atoms with E-state index >= 15 is 0 Å². The number of primary amides is 1. The van der Waals surface area contributed by atoms with Gasteiger partial charge in [-0.2, -0.15) is 0 Å². The molecule has 1 saturated heterocycles. The first kappa shape index (κ1) is 21.9. The largest absolute Gasteiger partial charge is 0.488 e. The van der Waals surface area contributed by atoms with Crippen LogP contribution < -0.4 is 26.8 Å². The van der Waals surface area contributed by atoms with Crippen molar-refractivity contribution in [3.8, 4) is 17.0 Å². The minimum atomic E-state index is -0.239. The van der Waals surface area contributed by atoms with E-state index in [1.54, 1.807) is 0 Å². The Kier molecular flexibility index (Phi) is 5.43. The number of rotatable bonds is 4. The van der Waals surface area contributed by atoms with Crippen LogP contribution in [-0.4, -0.2) is 41.1 Å². The number of nitrogens with two attached hydrogens (primary N) is 3. The lowest BCUT2D eigenvalue weighted by molar-refractivity contribution is -0.121. The van der Waals surface area contributed by atoms with Crippen LogP contribution in [0.3, 0.4) is 0 Å². The number of ether oxygens (including phenoxy) is 1.